The Hall–Kier alpha value is -2.77. The van der Waals surface area contributed by atoms with Crippen LogP contribution in [0.1, 0.15) is 31.4 Å². The molecule has 1 aromatic rings. The Balaban J connectivity index is 1.53. The molecule has 0 spiro atoms. The summed E-state index contributed by atoms with van der Waals surface area (Å²) >= 11 is 0. The molecule has 12 nitrogen and oxygen atoms in total. The average Bonchev–Trinajstić information content (AvgIpc) is 3.73. The zero-order chi connectivity index (χ0) is 24.0. The molecule has 6 aliphatic rings. The summed E-state index contributed by atoms with van der Waals surface area (Å²) < 4.78 is 0. The van der Waals surface area contributed by atoms with E-state index in [1.807, 2.05) is 12.4 Å². The largest absolute Gasteiger partial charge is 0.340 e. The van der Waals surface area contributed by atoms with Gasteiger partial charge in [-0.05, 0) is 37.8 Å². The van der Waals surface area contributed by atoms with Crippen LogP contribution in [0.5, 0.6) is 0 Å². The maximum atomic E-state index is 4.84. The number of nitrogens with one attached hydrogen (secondary N) is 2. The summed E-state index contributed by atoms with van der Waals surface area (Å²) in [4.78, 5) is 9.54. The number of nitrogens with zero attached hydrogens (tertiary/aromatic N) is 10. The number of aromatic nitrogens is 2. The highest BCUT2D eigenvalue weighted by Crippen LogP contribution is 2.51. The van der Waals surface area contributed by atoms with Crippen LogP contribution in [0.25, 0.3) is 0 Å². The minimum Gasteiger partial charge on any atom is -0.340 e. The van der Waals surface area contributed by atoms with Crippen molar-refractivity contribution in [2.45, 2.75) is 31.3 Å². The summed E-state index contributed by atoms with van der Waals surface area (Å²) in [6, 6.07) is 4.17. The maximum absolute atomic E-state index is 4.84. The van der Waals surface area contributed by atoms with Crippen LogP contribution < -0.4 is 10.7 Å². The number of rotatable bonds is 6. The van der Waals surface area contributed by atoms with E-state index >= 15 is 0 Å². The van der Waals surface area contributed by atoms with Gasteiger partial charge in [0.2, 0.25) is 5.66 Å². The molecule has 1 atom stereocenters. The molecule has 3 saturated heterocycles. The van der Waals surface area contributed by atoms with Gasteiger partial charge in [-0.2, -0.15) is 15.3 Å². The van der Waals surface area contributed by atoms with Crippen molar-refractivity contribution >= 4 is 6.34 Å². The monoisotopic (exact) mass is 492 g/mol. The van der Waals surface area contributed by atoms with Gasteiger partial charge >= 0.3 is 0 Å². The van der Waals surface area contributed by atoms with Crippen LogP contribution in [0.2, 0.25) is 0 Å². The molecule has 36 heavy (non-hydrogen) atoms. The van der Waals surface area contributed by atoms with Gasteiger partial charge < -0.3 is 9.80 Å². The average molecular weight is 493 g/mol. The molecule has 0 saturated carbocycles. The van der Waals surface area contributed by atoms with Crippen LogP contribution in [0, 0.1) is 0 Å². The van der Waals surface area contributed by atoms with Gasteiger partial charge in [-0.3, -0.25) is 20.7 Å². The Labute approximate surface area is 212 Å². The highest BCUT2D eigenvalue weighted by molar-refractivity contribution is 5.62. The molecular formula is C24H36N12. The van der Waals surface area contributed by atoms with Crippen molar-refractivity contribution in [3.8, 4) is 0 Å². The van der Waals surface area contributed by atoms with Crippen LogP contribution in [-0.2, 0) is 5.66 Å². The smallest absolute Gasteiger partial charge is 0.211 e. The van der Waals surface area contributed by atoms with Crippen LogP contribution in [0.4, 0.5) is 0 Å². The molecule has 7 rings (SSSR count). The number of hydrazine groups is 4. The van der Waals surface area contributed by atoms with Crippen molar-refractivity contribution in [3.63, 3.8) is 0 Å². The van der Waals surface area contributed by atoms with E-state index in [9.17, 15) is 0 Å². The molecule has 7 heterocycles. The molecule has 192 valence electrons. The second-order valence-electron chi connectivity index (χ2n) is 10.1. The summed E-state index contributed by atoms with van der Waals surface area (Å²) in [5.41, 5.74) is 5.18. The molecule has 6 aliphatic heterocycles. The topological polar surface area (TPSA) is 84.9 Å². The molecule has 3 fully saturated rings. The van der Waals surface area contributed by atoms with Crippen LogP contribution in [-0.4, -0.2) is 117 Å². The summed E-state index contributed by atoms with van der Waals surface area (Å²) in [5.74, 6) is 1.20. The number of hydrogen-bond acceptors (Lipinski definition) is 12. The SMILES string of the molecule is C1=CN(N2C(N3CCNC3)=C(N3C=NCC3)C(c3cccnn3)(N3CCCN3)N2N2CCCC2)CC1. The first-order valence-electron chi connectivity index (χ1n) is 13.4. The van der Waals surface area contributed by atoms with Gasteiger partial charge in [0.15, 0.2) is 5.82 Å². The predicted molar refractivity (Wildman–Crippen MR) is 135 cm³/mol. The Morgan fingerprint density at radius 3 is 2.58 bits per heavy atom. The van der Waals surface area contributed by atoms with E-state index in [1.54, 1.807) is 6.20 Å². The zero-order valence-corrected chi connectivity index (χ0v) is 20.8. The van der Waals surface area contributed by atoms with Crippen molar-refractivity contribution in [1.29, 1.82) is 0 Å². The lowest BCUT2D eigenvalue weighted by atomic mass is 9.99. The van der Waals surface area contributed by atoms with E-state index < -0.39 is 5.66 Å². The second-order valence-corrected chi connectivity index (χ2v) is 10.1. The third-order valence-corrected chi connectivity index (χ3v) is 7.92. The van der Waals surface area contributed by atoms with Gasteiger partial charge in [0.1, 0.15) is 11.4 Å². The summed E-state index contributed by atoms with van der Waals surface area (Å²) in [6.45, 7) is 9.23. The van der Waals surface area contributed by atoms with Crippen molar-refractivity contribution in [2.75, 3.05) is 65.6 Å². The van der Waals surface area contributed by atoms with E-state index in [0.29, 0.717) is 0 Å². The fourth-order valence-electron chi connectivity index (χ4n) is 6.39. The highest BCUT2D eigenvalue weighted by atomic mass is 16.1. The fraction of sp³-hybridized carbons (Fsp3) is 0.625. The third-order valence-electron chi connectivity index (χ3n) is 7.92. The van der Waals surface area contributed by atoms with Crippen LogP contribution in [0.3, 0.4) is 0 Å². The maximum Gasteiger partial charge on any atom is 0.211 e. The van der Waals surface area contributed by atoms with E-state index in [2.05, 4.69) is 74.2 Å². The molecule has 0 amide bonds. The van der Waals surface area contributed by atoms with Gasteiger partial charge in [-0.25, -0.2) is 10.0 Å². The van der Waals surface area contributed by atoms with E-state index in [4.69, 9.17) is 5.10 Å². The predicted octanol–water partition coefficient (Wildman–Crippen LogP) is -0.107. The van der Waals surface area contributed by atoms with Crippen molar-refractivity contribution in [1.82, 2.24) is 56.0 Å². The number of hydrogen-bond donors (Lipinski definition) is 2. The van der Waals surface area contributed by atoms with Gasteiger partial charge in [-0.1, -0.05) is 11.2 Å². The van der Waals surface area contributed by atoms with Gasteiger partial charge in [-0.15, -0.1) is 0 Å². The molecule has 0 aliphatic carbocycles. The Morgan fingerprint density at radius 1 is 0.972 bits per heavy atom. The first kappa shape index (κ1) is 22.4. The number of aliphatic imine (C=N–C) groups is 1. The lowest BCUT2D eigenvalue weighted by Crippen LogP contribution is -2.69. The van der Waals surface area contributed by atoms with E-state index in [1.165, 1.54) is 24.4 Å². The molecule has 2 N–H and O–H groups in total. The molecule has 0 aromatic carbocycles. The minimum absolute atomic E-state index is 0.709. The Morgan fingerprint density at radius 2 is 1.92 bits per heavy atom. The molecule has 0 bridgehead atoms. The van der Waals surface area contributed by atoms with Crippen molar-refractivity contribution in [3.05, 3.63) is 47.8 Å². The quantitative estimate of drug-likeness (QED) is 0.558. The van der Waals surface area contributed by atoms with Crippen LogP contribution >= 0.6 is 0 Å². The third kappa shape index (κ3) is 3.36. The first-order valence-corrected chi connectivity index (χ1v) is 13.4. The highest BCUT2D eigenvalue weighted by Gasteiger charge is 2.64. The molecule has 1 aromatic heterocycles. The zero-order valence-electron chi connectivity index (χ0n) is 20.8. The normalized spacial score (nSPS) is 29.9. The Kier molecular flexibility index (Phi) is 5.78. The van der Waals surface area contributed by atoms with Crippen molar-refractivity contribution in [2.24, 2.45) is 4.99 Å². The van der Waals surface area contributed by atoms with Gasteiger partial charge in [0.25, 0.3) is 0 Å². The molecule has 12 heteroatoms. The van der Waals surface area contributed by atoms with E-state index in [-0.39, 0.29) is 0 Å². The first-order chi connectivity index (χ1) is 17.9. The molecule has 1 unspecified atom stereocenters. The minimum atomic E-state index is -0.709. The second kappa shape index (κ2) is 9.27. The molecular weight excluding hydrogens is 456 g/mol. The lowest BCUT2D eigenvalue weighted by molar-refractivity contribution is -0.307. The van der Waals surface area contributed by atoms with Crippen LogP contribution in [0.15, 0.2) is 47.1 Å². The summed E-state index contributed by atoms with van der Waals surface area (Å²) in [6.07, 6.45) is 12.8. The Bertz CT molecular complexity index is 1020. The van der Waals surface area contributed by atoms with E-state index in [0.717, 1.165) is 84.1 Å². The molecule has 0 radical (unpaired) electrons. The van der Waals surface area contributed by atoms with Crippen molar-refractivity contribution < 1.29 is 0 Å². The summed E-state index contributed by atoms with van der Waals surface area (Å²) in [5, 5.41) is 25.1. The summed E-state index contributed by atoms with van der Waals surface area (Å²) in [7, 11) is 0. The fourth-order valence-corrected chi connectivity index (χ4v) is 6.39. The standard InChI is InChI=1S/C24H36N12/c1-2-13-32(12-1)35-23(31-18-11-26-20-31)22(30-17-10-25-19-30)24(34-16-6-9-28-34,21-7-5-8-27-29-21)36(35)33-14-3-4-15-33/h1,5,7-8,12,19,26,28H,2-4,6,9-11,13-18,20H2. The lowest BCUT2D eigenvalue weighted by Gasteiger charge is -2.52. The van der Waals surface area contributed by atoms with Gasteiger partial charge in [0.05, 0.1) is 19.6 Å². The van der Waals surface area contributed by atoms with Gasteiger partial charge in [0, 0.05) is 64.8 Å².